The second-order valence-corrected chi connectivity index (χ2v) is 8.31. The molecule has 3 rings (SSSR count). The fourth-order valence-corrected chi connectivity index (χ4v) is 3.64. The Kier molecular flexibility index (Phi) is 8.62. The van der Waals surface area contributed by atoms with Crippen LogP contribution in [0.25, 0.3) is 6.08 Å². The molecule has 12 heteroatoms. The van der Waals surface area contributed by atoms with Crippen molar-refractivity contribution in [3.63, 3.8) is 0 Å². The number of carbonyl (C=O) groups is 1. The van der Waals surface area contributed by atoms with Gasteiger partial charge in [-0.25, -0.2) is 0 Å². The lowest BCUT2D eigenvalue weighted by Gasteiger charge is -2.14. The molecular weight excluding hydrogens is 516 g/mol. The van der Waals surface area contributed by atoms with Crippen LogP contribution in [-0.2, 0) is 4.79 Å². The molecule has 11 nitrogen and oxygen atoms in total. The van der Waals surface area contributed by atoms with Gasteiger partial charge in [0, 0.05) is 11.8 Å². The number of nitro groups is 2. The first-order valence-electron chi connectivity index (χ1n) is 11.1. The summed E-state index contributed by atoms with van der Waals surface area (Å²) in [5, 5.41) is 34.8. The minimum atomic E-state index is -0.818. The van der Waals surface area contributed by atoms with E-state index in [1.807, 2.05) is 26.0 Å². The van der Waals surface area contributed by atoms with E-state index in [0.717, 1.165) is 29.3 Å². The van der Waals surface area contributed by atoms with Crippen molar-refractivity contribution in [2.45, 2.75) is 20.8 Å². The number of hydrogen-bond donors (Lipinski definition) is 1. The summed E-state index contributed by atoms with van der Waals surface area (Å²) < 4.78 is 11.3. The average Bonchev–Trinajstić information content (AvgIpc) is 2.87. The third-order valence-electron chi connectivity index (χ3n) is 5.42. The summed E-state index contributed by atoms with van der Waals surface area (Å²) in [5.74, 6) is -0.929. The highest BCUT2D eigenvalue weighted by atomic mass is 35.5. The number of halogens is 1. The highest BCUT2D eigenvalue weighted by Crippen LogP contribution is 2.43. The third-order valence-corrected chi connectivity index (χ3v) is 5.70. The number of nitriles is 1. The van der Waals surface area contributed by atoms with E-state index in [9.17, 15) is 30.3 Å². The Hall–Kier alpha value is -4.95. The zero-order chi connectivity index (χ0) is 28.0. The van der Waals surface area contributed by atoms with Crippen LogP contribution in [-0.4, -0.2) is 22.4 Å². The normalized spacial score (nSPS) is 10.9. The number of non-ortho nitro benzene ring substituents is 1. The van der Waals surface area contributed by atoms with Crippen LogP contribution in [0.5, 0.6) is 17.2 Å². The molecule has 0 bridgehead atoms. The molecule has 194 valence electrons. The highest BCUT2D eigenvalue weighted by Gasteiger charge is 2.24. The van der Waals surface area contributed by atoms with E-state index in [2.05, 4.69) is 5.32 Å². The van der Waals surface area contributed by atoms with Crippen molar-refractivity contribution in [3.05, 3.63) is 96.0 Å². The number of ether oxygens (including phenoxy) is 2. The van der Waals surface area contributed by atoms with Crippen LogP contribution in [0, 0.1) is 45.4 Å². The molecule has 0 aliphatic rings. The summed E-state index contributed by atoms with van der Waals surface area (Å²) in [6.45, 7) is 5.61. The van der Waals surface area contributed by atoms with E-state index in [4.69, 9.17) is 21.1 Å². The molecule has 0 saturated carbocycles. The molecule has 0 spiro atoms. The van der Waals surface area contributed by atoms with Crippen LogP contribution in [0.1, 0.15) is 23.6 Å². The van der Waals surface area contributed by atoms with Gasteiger partial charge in [-0.15, -0.1) is 0 Å². The van der Waals surface area contributed by atoms with E-state index >= 15 is 0 Å². The molecule has 3 aromatic carbocycles. The SMILES string of the molecule is CCOc1cc(/C=C(\C#N)C(=O)Nc2cccc(C)c2C)cc(Cl)c1Oc1ccc([N+](=O)[O-])cc1[N+](=O)[O-]. The largest absolute Gasteiger partial charge is 0.490 e. The molecule has 0 fully saturated rings. The maximum atomic E-state index is 12.8. The smallest absolute Gasteiger partial charge is 0.318 e. The quantitative estimate of drug-likeness (QED) is 0.140. The Morgan fingerprint density at radius 1 is 1.11 bits per heavy atom. The van der Waals surface area contributed by atoms with Crippen molar-refractivity contribution in [2.75, 3.05) is 11.9 Å². The van der Waals surface area contributed by atoms with Gasteiger partial charge in [-0.1, -0.05) is 23.7 Å². The first kappa shape index (κ1) is 27.6. The molecular formula is C26H21ClN4O7. The van der Waals surface area contributed by atoms with Gasteiger partial charge in [-0.05, 0) is 67.8 Å². The van der Waals surface area contributed by atoms with E-state index in [-0.39, 0.29) is 34.5 Å². The van der Waals surface area contributed by atoms with Crippen LogP contribution < -0.4 is 14.8 Å². The second kappa shape index (κ2) is 11.9. The number of carbonyl (C=O) groups excluding carboxylic acids is 1. The van der Waals surface area contributed by atoms with E-state index in [0.29, 0.717) is 11.3 Å². The van der Waals surface area contributed by atoms with Crippen molar-refractivity contribution in [3.8, 4) is 23.3 Å². The lowest BCUT2D eigenvalue weighted by atomic mass is 10.1. The summed E-state index contributed by atoms with van der Waals surface area (Å²) in [7, 11) is 0. The lowest BCUT2D eigenvalue weighted by molar-refractivity contribution is -0.394. The predicted molar refractivity (Wildman–Crippen MR) is 141 cm³/mol. The number of hydrogen-bond acceptors (Lipinski definition) is 8. The molecule has 0 aromatic heterocycles. The number of rotatable bonds is 9. The summed E-state index contributed by atoms with van der Waals surface area (Å²) in [6.07, 6.45) is 1.31. The minimum Gasteiger partial charge on any atom is -0.490 e. The standard InChI is InChI=1S/C26H21ClN4O7/c1-4-37-24-12-17(10-18(14-28)26(32)29-21-7-5-6-15(2)16(21)3)11-20(27)25(24)38-23-9-8-19(30(33)34)13-22(23)31(35)36/h5-13H,4H2,1-3H3,(H,29,32)/b18-10+. The Morgan fingerprint density at radius 2 is 1.84 bits per heavy atom. The van der Waals surface area contributed by atoms with Crippen LogP contribution in [0.2, 0.25) is 5.02 Å². The van der Waals surface area contributed by atoms with Gasteiger partial charge in [0.25, 0.3) is 11.6 Å². The first-order chi connectivity index (χ1) is 18.0. The molecule has 0 aliphatic carbocycles. The number of nitrogens with one attached hydrogen (secondary N) is 1. The van der Waals surface area contributed by atoms with Gasteiger partial charge >= 0.3 is 5.69 Å². The van der Waals surface area contributed by atoms with Crippen molar-refractivity contribution < 1.29 is 24.1 Å². The number of nitrogens with zero attached hydrogens (tertiary/aromatic N) is 3. The maximum Gasteiger partial charge on any atom is 0.318 e. The molecule has 3 aromatic rings. The number of nitro benzene ring substituents is 2. The molecule has 0 aliphatic heterocycles. The lowest BCUT2D eigenvalue weighted by Crippen LogP contribution is -2.14. The van der Waals surface area contributed by atoms with E-state index in [1.54, 1.807) is 19.1 Å². The summed E-state index contributed by atoms with van der Waals surface area (Å²) in [6, 6.07) is 13.0. The van der Waals surface area contributed by atoms with Crippen molar-refractivity contribution in [2.24, 2.45) is 0 Å². The molecule has 0 radical (unpaired) electrons. The molecule has 1 amide bonds. The van der Waals surface area contributed by atoms with Gasteiger partial charge in [0.15, 0.2) is 11.5 Å². The monoisotopic (exact) mass is 536 g/mol. The Balaban J connectivity index is 1.99. The Bertz CT molecular complexity index is 1510. The molecule has 38 heavy (non-hydrogen) atoms. The van der Waals surface area contributed by atoms with Crippen molar-refractivity contribution >= 4 is 40.6 Å². The van der Waals surface area contributed by atoms with Crippen LogP contribution in [0.3, 0.4) is 0 Å². The average molecular weight is 537 g/mol. The number of anilines is 1. The molecule has 0 atom stereocenters. The van der Waals surface area contributed by atoms with Gasteiger partial charge in [0.2, 0.25) is 5.75 Å². The number of aryl methyl sites for hydroxylation is 1. The number of amides is 1. The molecule has 0 unspecified atom stereocenters. The van der Waals surface area contributed by atoms with Gasteiger partial charge in [0.1, 0.15) is 11.6 Å². The summed E-state index contributed by atoms with van der Waals surface area (Å²) in [4.78, 5) is 33.7. The topological polar surface area (TPSA) is 158 Å². The first-order valence-corrected chi connectivity index (χ1v) is 11.5. The number of benzene rings is 3. The highest BCUT2D eigenvalue weighted by molar-refractivity contribution is 6.32. The van der Waals surface area contributed by atoms with Gasteiger partial charge < -0.3 is 14.8 Å². The zero-order valence-corrected chi connectivity index (χ0v) is 21.2. The Labute approximate surface area is 222 Å². The van der Waals surface area contributed by atoms with Crippen LogP contribution >= 0.6 is 11.6 Å². The van der Waals surface area contributed by atoms with Crippen LogP contribution in [0.4, 0.5) is 17.1 Å². The van der Waals surface area contributed by atoms with Crippen molar-refractivity contribution in [1.29, 1.82) is 5.26 Å². The fourth-order valence-electron chi connectivity index (χ4n) is 3.38. The van der Waals surface area contributed by atoms with Crippen molar-refractivity contribution in [1.82, 2.24) is 0 Å². The molecule has 1 N–H and O–H groups in total. The van der Waals surface area contributed by atoms with Gasteiger partial charge in [-0.2, -0.15) is 5.26 Å². The van der Waals surface area contributed by atoms with Gasteiger partial charge in [-0.3, -0.25) is 25.0 Å². The predicted octanol–water partition coefficient (Wildman–Crippen LogP) is 6.51. The third kappa shape index (κ3) is 6.24. The minimum absolute atomic E-state index is 0.0397. The Morgan fingerprint density at radius 3 is 2.47 bits per heavy atom. The summed E-state index contributed by atoms with van der Waals surface area (Å²) in [5.41, 5.74) is 1.41. The maximum absolute atomic E-state index is 12.8. The molecule has 0 saturated heterocycles. The van der Waals surface area contributed by atoms with Gasteiger partial charge in [0.05, 0.1) is 27.5 Å². The van der Waals surface area contributed by atoms with E-state index in [1.165, 1.54) is 18.2 Å². The molecule has 0 heterocycles. The zero-order valence-electron chi connectivity index (χ0n) is 20.5. The van der Waals surface area contributed by atoms with Crippen LogP contribution in [0.15, 0.2) is 54.1 Å². The fraction of sp³-hybridized carbons (Fsp3) is 0.154. The van der Waals surface area contributed by atoms with E-state index < -0.39 is 27.1 Å². The summed E-state index contributed by atoms with van der Waals surface area (Å²) >= 11 is 6.41. The second-order valence-electron chi connectivity index (χ2n) is 7.90.